The minimum Gasteiger partial charge on any atom is -0.387 e. The summed E-state index contributed by atoms with van der Waals surface area (Å²) in [5, 5.41) is 17.3. The molecule has 0 aliphatic rings. The molecule has 1 amide bonds. The number of rotatable bonds is 5. The summed E-state index contributed by atoms with van der Waals surface area (Å²) >= 11 is 1.57. The Morgan fingerprint density at radius 2 is 1.91 bits per heavy atom. The lowest BCUT2D eigenvalue weighted by atomic mass is 10.0. The SMILES string of the molecule is CC(C(=O)NCC(O)c1ccc2ccccc2c1)c1cccs1. The molecule has 0 spiro atoms. The number of hydrogen-bond acceptors (Lipinski definition) is 3. The molecule has 0 fully saturated rings. The molecule has 1 heterocycles. The largest absolute Gasteiger partial charge is 0.387 e. The molecule has 0 saturated heterocycles. The predicted octanol–water partition coefficient (Wildman–Crippen LogP) is 3.85. The van der Waals surface area contributed by atoms with Crippen molar-refractivity contribution in [2.24, 2.45) is 0 Å². The number of aliphatic hydroxyl groups excluding tert-OH is 1. The Labute approximate surface area is 139 Å². The quantitative estimate of drug-likeness (QED) is 0.748. The zero-order valence-electron chi connectivity index (χ0n) is 12.9. The van der Waals surface area contributed by atoms with Crippen molar-refractivity contribution < 1.29 is 9.90 Å². The summed E-state index contributed by atoms with van der Waals surface area (Å²) in [4.78, 5) is 13.2. The third-order valence-corrected chi connectivity index (χ3v) is 5.05. The van der Waals surface area contributed by atoms with E-state index < -0.39 is 6.10 Å². The van der Waals surface area contributed by atoms with Gasteiger partial charge in [0, 0.05) is 11.4 Å². The van der Waals surface area contributed by atoms with Crippen LogP contribution in [0.3, 0.4) is 0 Å². The van der Waals surface area contributed by atoms with Crippen molar-refractivity contribution in [2.75, 3.05) is 6.54 Å². The van der Waals surface area contributed by atoms with Gasteiger partial charge in [0.15, 0.2) is 0 Å². The molecule has 0 aliphatic heterocycles. The summed E-state index contributed by atoms with van der Waals surface area (Å²) in [5.41, 5.74) is 0.813. The smallest absolute Gasteiger partial charge is 0.228 e. The molecular weight excluding hydrogens is 306 g/mol. The first-order chi connectivity index (χ1) is 11.1. The van der Waals surface area contributed by atoms with Gasteiger partial charge in [-0.3, -0.25) is 4.79 Å². The number of hydrogen-bond donors (Lipinski definition) is 2. The average molecular weight is 325 g/mol. The molecule has 0 saturated carbocycles. The lowest BCUT2D eigenvalue weighted by molar-refractivity contribution is -0.122. The fourth-order valence-corrected chi connectivity index (χ4v) is 3.33. The molecule has 23 heavy (non-hydrogen) atoms. The molecule has 2 N–H and O–H groups in total. The van der Waals surface area contributed by atoms with Gasteiger partial charge in [-0.1, -0.05) is 42.5 Å². The van der Waals surface area contributed by atoms with E-state index in [-0.39, 0.29) is 18.4 Å². The van der Waals surface area contributed by atoms with Crippen LogP contribution < -0.4 is 5.32 Å². The molecule has 4 heteroatoms. The lowest BCUT2D eigenvalue weighted by Gasteiger charge is -2.15. The van der Waals surface area contributed by atoms with Crippen molar-refractivity contribution in [1.29, 1.82) is 0 Å². The van der Waals surface area contributed by atoms with E-state index in [1.807, 2.05) is 66.9 Å². The average Bonchev–Trinajstić information content (AvgIpc) is 3.12. The zero-order valence-corrected chi connectivity index (χ0v) is 13.7. The highest BCUT2D eigenvalue weighted by atomic mass is 32.1. The molecule has 0 aliphatic carbocycles. The number of carbonyl (C=O) groups excluding carboxylic acids is 1. The molecule has 3 rings (SSSR count). The van der Waals surface area contributed by atoms with Gasteiger partial charge in [0.2, 0.25) is 5.91 Å². The van der Waals surface area contributed by atoms with Crippen LogP contribution in [0.1, 0.15) is 29.4 Å². The van der Waals surface area contributed by atoms with Crippen molar-refractivity contribution in [1.82, 2.24) is 5.32 Å². The van der Waals surface area contributed by atoms with Crippen LogP contribution in [0.5, 0.6) is 0 Å². The van der Waals surface area contributed by atoms with Gasteiger partial charge in [-0.2, -0.15) is 0 Å². The lowest BCUT2D eigenvalue weighted by Crippen LogP contribution is -2.31. The van der Waals surface area contributed by atoms with Crippen LogP contribution in [0.2, 0.25) is 0 Å². The molecule has 2 aromatic carbocycles. The number of nitrogens with one attached hydrogen (secondary N) is 1. The summed E-state index contributed by atoms with van der Waals surface area (Å²) in [6.45, 7) is 2.09. The molecule has 118 valence electrons. The summed E-state index contributed by atoms with van der Waals surface area (Å²) in [6, 6.07) is 17.8. The van der Waals surface area contributed by atoms with Gasteiger partial charge in [0.05, 0.1) is 12.0 Å². The first kappa shape index (κ1) is 15.7. The van der Waals surface area contributed by atoms with Gasteiger partial charge >= 0.3 is 0 Å². The number of fused-ring (bicyclic) bond motifs is 1. The maximum atomic E-state index is 12.2. The number of amides is 1. The van der Waals surface area contributed by atoms with E-state index in [0.717, 1.165) is 21.2 Å². The number of carbonyl (C=O) groups is 1. The van der Waals surface area contributed by atoms with Crippen LogP contribution in [-0.4, -0.2) is 17.6 Å². The molecule has 3 aromatic rings. The van der Waals surface area contributed by atoms with Crippen LogP contribution in [0.15, 0.2) is 60.0 Å². The van der Waals surface area contributed by atoms with E-state index >= 15 is 0 Å². The van der Waals surface area contributed by atoms with E-state index in [2.05, 4.69) is 5.32 Å². The molecule has 0 bridgehead atoms. The Hall–Kier alpha value is -2.17. The van der Waals surface area contributed by atoms with Crippen LogP contribution in [0.25, 0.3) is 10.8 Å². The molecule has 3 nitrogen and oxygen atoms in total. The Morgan fingerprint density at radius 1 is 1.13 bits per heavy atom. The van der Waals surface area contributed by atoms with Crippen LogP contribution >= 0.6 is 11.3 Å². The third kappa shape index (κ3) is 3.60. The molecule has 0 radical (unpaired) electrons. The highest BCUT2D eigenvalue weighted by Crippen LogP contribution is 2.22. The summed E-state index contributed by atoms with van der Waals surface area (Å²) < 4.78 is 0. The van der Waals surface area contributed by atoms with Crippen LogP contribution in [-0.2, 0) is 4.79 Å². The minimum atomic E-state index is -0.709. The van der Waals surface area contributed by atoms with Gasteiger partial charge in [0.1, 0.15) is 0 Å². The first-order valence-electron chi connectivity index (χ1n) is 7.63. The maximum absolute atomic E-state index is 12.2. The highest BCUT2D eigenvalue weighted by molar-refractivity contribution is 7.10. The minimum absolute atomic E-state index is 0.0627. The Morgan fingerprint density at radius 3 is 2.65 bits per heavy atom. The molecule has 1 aromatic heterocycles. The van der Waals surface area contributed by atoms with Crippen molar-refractivity contribution >= 4 is 28.0 Å². The standard InChI is InChI=1S/C19H19NO2S/c1-13(18-7-4-10-23-18)19(22)20-12-17(21)16-9-8-14-5-2-3-6-15(14)11-16/h2-11,13,17,21H,12H2,1H3,(H,20,22). The van der Waals surface area contributed by atoms with Gasteiger partial charge in [-0.25, -0.2) is 0 Å². The van der Waals surface area contributed by atoms with E-state index in [0.29, 0.717) is 0 Å². The number of benzene rings is 2. The monoisotopic (exact) mass is 325 g/mol. The van der Waals surface area contributed by atoms with E-state index in [9.17, 15) is 9.90 Å². The second-order valence-electron chi connectivity index (χ2n) is 5.60. The summed E-state index contributed by atoms with van der Waals surface area (Å²) in [7, 11) is 0. The molecule has 2 atom stereocenters. The highest BCUT2D eigenvalue weighted by Gasteiger charge is 2.17. The second-order valence-corrected chi connectivity index (χ2v) is 6.58. The van der Waals surface area contributed by atoms with E-state index in [1.54, 1.807) is 11.3 Å². The van der Waals surface area contributed by atoms with E-state index in [1.165, 1.54) is 0 Å². The van der Waals surface area contributed by atoms with Crippen molar-refractivity contribution in [3.8, 4) is 0 Å². The number of aliphatic hydroxyl groups is 1. The van der Waals surface area contributed by atoms with Crippen molar-refractivity contribution in [3.63, 3.8) is 0 Å². The maximum Gasteiger partial charge on any atom is 0.228 e. The van der Waals surface area contributed by atoms with Crippen molar-refractivity contribution in [3.05, 3.63) is 70.4 Å². The first-order valence-corrected chi connectivity index (χ1v) is 8.51. The Bertz CT molecular complexity index is 798. The molecular formula is C19H19NO2S. The summed E-state index contributed by atoms with van der Waals surface area (Å²) in [6.07, 6.45) is -0.709. The topological polar surface area (TPSA) is 49.3 Å². The van der Waals surface area contributed by atoms with E-state index in [4.69, 9.17) is 0 Å². The Kier molecular flexibility index (Phi) is 4.74. The predicted molar refractivity (Wildman–Crippen MR) is 94.7 cm³/mol. The van der Waals surface area contributed by atoms with Gasteiger partial charge in [0.25, 0.3) is 0 Å². The molecule has 2 unspecified atom stereocenters. The van der Waals surface area contributed by atoms with Gasteiger partial charge in [-0.05, 0) is 40.8 Å². The fourth-order valence-electron chi connectivity index (χ4n) is 2.55. The zero-order chi connectivity index (χ0) is 16.2. The summed E-state index contributed by atoms with van der Waals surface area (Å²) in [5.74, 6) is -0.258. The Balaban J connectivity index is 1.64. The second kappa shape index (κ2) is 6.94. The van der Waals surface area contributed by atoms with Crippen LogP contribution in [0.4, 0.5) is 0 Å². The fraction of sp³-hybridized carbons (Fsp3) is 0.211. The van der Waals surface area contributed by atoms with Crippen molar-refractivity contribution in [2.45, 2.75) is 18.9 Å². The van der Waals surface area contributed by atoms with Gasteiger partial charge < -0.3 is 10.4 Å². The third-order valence-electron chi connectivity index (χ3n) is 3.99. The number of thiophene rings is 1. The van der Waals surface area contributed by atoms with Gasteiger partial charge in [-0.15, -0.1) is 11.3 Å². The van der Waals surface area contributed by atoms with Crippen LogP contribution in [0, 0.1) is 0 Å². The normalized spacial score (nSPS) is 13.7.